The van der Waals surface area contributed by atoms with Crippen LogP contribution in [0.25, 0.3) is 10.9 Å². The molecular formula is C17H19N5O2. The Morgan fingerprint density at radius 3 is 2.62 bits per heavy atom. The number of fused-ring (bicyclic) bond motifs is 2. The number of aryl methyl sites for hydroxylation is 3. The lowest BCUT2D eigenvalue weighted by molar-refractivity contribution is 0.674. The monoisotopic (exact) mass is 325 g/mol. The Bertz CT molecular complexity index is 1030. The van der Waals surface area contributed by atoms with Crippen LogP contribution in [0.2, 0.25) is 0 Å². The molecule has 0 aliphatic heterocycles. The minimum atomic E-state index is -0.419. The molecule has 0 atom stereocenters. The fourth-order valence-corrected chi connectivity index (χ4v) is 3.34. The number of hydrogen-bond donors (Lipinski definition) is 2. The van der Waals surface area contributed by atoms with E-state index < -0.39 is 5.69 Å². The molecule has 0 unspecified atom stereocenters. The number of aromatic amines is 2. The van der Waals surface area contributed by atoms with E-state index in [4.69, 9.17) is 0 Å². The van der Waals surface area contributed by atoms with Crippen LogP contribution in [0.15, 0.2) is 21.7 Å². The fraction of sp³-hybridized carbons (Fsp3) is 0.412. The summed E-state index contributed by atoms with van der Waals surface area (Å²) in [5.74, 6) is 1.18. The molecule has 0 amide bonds. The topological polar surface area (TPSA) is 96.4 Å². The molecule has 1 aliphatic carbocycles. The Morgan fingerprint density at radius 1 is 1.17 bits per heavy atom. The standard InChI is InChI=1S/C17H19N5O2/c1-2-14-19-15(21-20-14)9-22-16(23)12-7-10-5-3-4-6-11(10)8-13(12)18-17(22)24/h7-8H,2-6,9H2,1H3,(H,18,24)(H,19,20,21). The van der Waals surface area contributed by atoms with Crippen LogP contribution in [0.5, 0.6) is 0 Å². The van der Waals surface area contributed by atoms with E-state index in [0.717, 1.165) is 25.7 Å². The average Bonchev–Trinajstić information content (AvgIpc) is 3.05. The first-order valence-electron chi connectivity index (χ1n) is 8.34. The van der Waals surface area contributed by atoms with Crippen molar-refractivity contribution in [1.29, 1.82) is 0 Å². The highest BCUT2D eigenvalue weighted by atomic mass is 16.2. The van der Waals surface area contributed by atoms with Gasteiger partial charge in [0.25, 0.3) is 5.56 Å². The van der Waals surface area contributed by atoms with Gasteiger partial charge in [-0.1, -0.05) is 6.92 Å². The fourth-order valence-electron chi connectivity index (χ4n) is 3.34. The molecular weight excluding hydrogens is 306 g/mol. The summed E-state index contributed by atoms with van der Waals surface area (Å²) in [5, 5.41) is 7.39. The van der Waals surface area contributed by atoms with Crippen molar-refractivity contribution >= 4 is 10.9 Å². The highest BCUT2D eigenvalue weighted by Gasteiger charge is 2.15. The van der Waals surface area contributed by atoms with Crippen molar-refractivity contribution in [3.63, 3.8) is 0 Å². The van der Waals surface area contributed by atoms with Crippen molar-refractivity contribution in [3.05, 3.63) is 55.7 Å². The van der Waals surface area contributed by atoms with Gasteiger partial charge in [0, 0.05) is 6.42 Å². The zero-order valence-corrected chi connectivity index (χ0v) is 13.6. The van der Waals surface area contributed by atoms with Gasteiger partial charge in [-0.15, -0.1) is 0 Å². The lowest BCUT2D eigenvalue weighted by Crippen LogP contribution is -2.35. The summed E-state index contributed by atoms with van der Waals surface area (Å²) in [6.45, 7) is 2.04. The summed E-state index contributed by atoms with van der Waals surface area (Å²) in [6, 6.07) is 3.90. The molecule has 7 heteroatoms. The first-order chi connectivity index (χ1) is 11.7. The lowest BCUT2D eigenvalue weighted by Gasteiger charge is -2.16. The van der Waals surface area contributed by atoms with Crippen LogP contribution in [0.4, 0.5) is 0 Å². The molecule has 7 nitrogen and oxygen atoms in total. The maximum Gasteiger partial charge on any atom is 0.329 e. The van der Waals surface area contributed by atoms with Crippen molar-refractivity contribution in [2.75, 3.05) is 0 Å². The molecule has 0 bridgehead atoms. The van der Waals surface area contributed by atoms with E-state index in [1.807, 2.05) is 19.1 Å². The van der Waals surface area contributed by atoms with Crippen LogP contribution in [0.3, 0.4) is 0 Å². The van der Waals surface area contributed by atoms with Gasteiger partial charge in [0.05, 0.1) is 17.4 Å². The Hall–Kier alpha value is -2.70. The van der Waals surface area contributed by atoms with Gasteiger partial charge in [-0.05, 0) is 48.9 Å². The van der Waals surface area contributed by atoms with E-state index in [0.29, 0.717) is 29.0 Å². The summed E-state index contributed by atoms with van der Waals surface area (Å²) < 4.78 is 1.18. The predicted molar refractivity (Wildman–Crippen MR) is 90.3 cm³/mol. The molecule has 1 aliphatic rings. The quantitative estimate of drug-likeness (QED) is 0.758. The number of nitrogens with one attached hydrogen (secondary N) is 2. The van der Waals surface area contributed by atoms with Gasteiger partial charge < -0.3 is 4.98 Å². The Labute approximate surface area is 137 Å². The van der Waals surface area contributed by atoms with Crippen molar-refractivity contribution in [1.82, 2.24) is 24.7 Å². The summed E-state index contributed by atoms with van der Waals surface area (Å²) in [4.78, 5) is 32.3. The smallest absolute Gasteiger partial charge is 0.307 e. The zero-order chi connectivity index (χ0) is 16.7. The third kappa shape index (κ3) is 2.46. The van der Waals surface area contributed by atoms with Gasteiger partial charge in [-0.3, -0.25) is 14.5 Å². The molecule has 2 heterocycles. The first kappa shape index (κ1) is 14.9. The number of rotatable bonds is 3. The highest BCUT2D eigenvalue weighted by Crippen LogP contribution is 2.24. The summed E-state index contributed by atoms with van der Waals surface area (Å²) in [5.41, 5.74) is 2.38. The first-order valence-corrected chi connectivity index (χ1v) is 8.34. The van der Waals surface area contributed by atoms with E-state index in [1.54, 1.807) is 0 Å². The highest BCUT2D eigenvalue weighted by molar-refractivity contribution is 5.79. The van der Waals surface area contributed by atoms with Gasteiger partial charge in [0.1, 0.15) is 5.82 Å². The predicted octanol–water partition coefficient (Wildman–Crippen LogP) is 1.30. The Kier molecular flexibility index (Phi) is 3.55. The van der Waals surface area contributed by atoms with Crippen molar-refractivity contribution in [2.45, 2.75) is 45.6 Å². The van der Waals surface area contributed by atoms with E-state index in [2.05, 4.69) is 20.2 Å². The minimum absolute atomic E-state index is 0.0915. The number of benzene rings is 1. The van der Waals surface area contributed by atoms with E-state index >= 15 is 0 Å². The van der Waals surface area contributed by atoms with E-state index in [9.17, 15) is 9.59 Å². The van der Waals surface area contributed by atoms with Gasteiger partial charge in [-0.2, -0.15) is 5.10 Å². The summed E-state index contributed by atoms with van der Waals surface area (Å²) in [7, 11) is 0. The van der Waals surface area contributed by atoms with Crippen LogP contribution < -0.4 is 11.2 Å². The molecule has 0 saturated heterocycles. The van der Waals surface area contributed by atoms with Crippen LogP contribution in [-0.2, 0) is 25.8 Å². The maximum atomic E-state index is 12.8. The Balaban J connectivity index is 1.84. The second-order valence-corrected chi connectivity index (χ2v) is 6.25. The number of nitrogens with zero attached hydrogens (tertiary/aromatic N) is 3. The van der Waals surface area contributed by atoms with Gasteiger partial charge in [0.15, 0.2) is 5.82 Å². The molecule has 0 spiro atoms. The van der Waals surface area contributed by atoms with Gasteiger partial charge in [-0.25, -0.2) is 9.78 Å². The summed E-state index contributed by atoms with van der Waals surface area (Å²) >= 11 is 0. The largest absolute Gasteiger partial charge is 0.329 e. The SMILES string of the molecule is CCc1n[nH]c(Cn2c(=O)[nH]c3cc4c(cc3c2=O)CCCC4)n1. The molecule has 124 valence electrons. The second-order valence-electron chi connectivity index (χ2n) is 6.25. The number of H-pyrrole nitrogens is 2. The molecule has 24 heavy (non-hydrogen) atoms. The van der Waals surface area contributed by atoms with Gasteiger partial charge >= 0.3 is 5.69 Å². The van der Waals surface area contributed by atoms with Gasteiger partial charge in [0.2, 0.25) is 0 Å². The normalized spacial score (nSPS) is 14.0. The third-order valence-corrected chi connectivity index (χ3v) is 4.65. The third-order valence-electron chi connectivity index (χ3n) is 4.65. The molecule has 0 saturated carbocycles. The second kappa shape index (κ2) is 5.74. The molecule has 2 N–H and O–H groups in total. The minimum Gasteiger partial charge on any atom is -0.307 e. The maximum absolute atomic E-state index is 12.8. The van der Waals surface area contributed by atoms with E-state index in [1.165, 1.54) is 15.7 Å². The van der Waals surface area contributed by atoms with E-state index in [-0.39, 0.29) is 12.1 Å². The van der Waals surface area contributed by atoms with Crippen LogP contribution in [-0.4, -0.2) is 24.7 Å². The van der Waals surface area contributed by atoms with Crippen molar-refractivity contribution < 1.29 is 0 Å². The molecule has 1 aromatic carbocycles. The zero-order valence-electron chi connectivity index (χ0n) is 13.6. The Morgan fingerprint density at radius 2 is 1.92 bits per heavy atom. The molecule has 2 aromatic heterocycles. The number of aromatic nitrogens is 5. The van der Waals surface area contributed by atoms with Crippen LogP contribution in [0, 0.1) is 0 Å². The van der Waals surface area contributed by atoms with Crippen LogP contribution >= 0.6 is 0 Å². The molecule has 4 rings (SSSR count). The molecule has 0 radical (unpaired) electrons. The van der Waals surface area contributed by atoms with Crippen molar-refractivity contribution in [2.24, 2.45) is 0 Å². The summed E-state index contributed by atoms with van der Waals surface area (Å²) in [6.07, 6.45) is 5.00. The number of hydrogen-bond acceptors (Lipinski definition) is 4. The molecule has 3 aromatic rings. The van der Waals surface area contributed by atoms with Crippen LogP contribution in [0.1, 0.15) is 42.5 Å². The van der Waals surface area contributed by atoms with Crippen molar-refractivity contribution in [3.8, 4) is 0 Å². The lowest BCUT2D eigenvalue weighted by atomic mass is 9.90. The average molecular weight is 325 g/mol. The molecule has 0 fully saturated rings.